The van der Waals surface area contributed by atoms with Gasteiger partial charge in [-0.2, -0.15) is 0 Å². The fourth-order valence-corrected chi connectivity index (χ4v) is 2.05. The molecular weight excluding hydrogens is 208 g/mol. The van der Waals surface area contributed by atoms with Crippen LogP contribution in [0.1, 0.15) is 39.5 Å². The summed E-state index contributed by atoms with van der Waals surface area (Å²) in [5.74, 6) is 0. The van der Waals surface area contributed by atoms with Crippen LogP contribution in [-0.4, -0.2) is 47.8 Å². The first kappa shape index (κ1) is 13.9. The molecule has 4 heteroatoms. The molecule has 4 nitrogen and oxygen atoms in total. The summed E-state index contributed by atoms with van der Waals surface area (Å²) in [6, 6.07) is 0. The Balaban J connectivity index is 2.18. The van der Waals surface area contributed by atoms with Gasteiger partial charge in [-0.05, 0) is 39.5 Å². The molecule has 0 bridgehead atoms. The van der Waals surface area contributed by atoms with Crippen molar-refractivity contribution in [2.45, 2.75) is 63.9 Å². The van der Waals surface area contributed by atoms with Crippen molar-refractivity contribution in [1.29, 1.82) is 0 Å². The van der Waals surface area contributed by atoms with Crippen molar-refractivity contribution < 1.29 is 19.7 Å². The van der Waals surface area contributed by atoms with E-state index < -0.39 is 0 Å². The lowest BCUT2D eigenvalue weighted by Gasteiger charge is -2.31. The molecule has 0 spiro atoms. The van der Waals surface area contributed by atoms with E-state index in [-0.39, 0.29) is 37.6 Å². The Morgan fingerprint density at radius 1 is 0.875 bits per heavy atom. The molecular formula is C12H24O4. The molecule has 0 radical (unpaired) electrons. The zero-order valence-corrected chi connectivity index (χ0v) is 10.3. The maximum atomic E-state index is 8.89. The molecule has 2 unspecified atom stereocenters. The summed E-state index contributed by atoms with van der Waals surface area (Å²) in [4.78, 5) is 0. The minimum atomic E-state index is -0.0705. The molecule has 0 aliphatic heterocycles. The molecule has 0 saturated heterocycles. The first-order chi connectivity index (χ1) is 7.65. The van der Waals surface area contributed by atoms with E-state index in [9.17, 15) is 0 Å². The van der Waals surface area contributed by atoms with E-state index in [2.05, 4.69) is 0 Å². The van der Waals surface area contributed by atoms with Gasteiger partial charge in [-0.1, -0.05) is 0 Å². The van der Waals surface area contributed by atoms with Crippen LogP contribution in [0.25, 0.3) is 0 Å². The van der Waals surface area contributed by atoms with Crippen LogP contribution in [0.4, 0.5) is 0 Å². The highest BCUT2D eigenvalue weighted by Crippen LogP contribution is 2.25. The summed E-state index contributed by atoms with van der Waals surface area (Å²) < 4.78 is 11.3. The van der Waals surface area contributed by atoms with E-state index in [4.69, 9.17) is 19.7 Å². The van der Waals surface area contributed by atoms with Crippen LogP contribution >= 0.6 is 0 Å². The van der Waals surface area contributed by atoms with Crippen molar-refractivity contribution in [2.75, 3.05) is 13.2 Å². The van der Waals surface area contributed by atoms with Gasteiger partial charge >= 0.3 is 0 Å². The smallest absolute Gasteiger partial charge is 0.0781 e. The van der Waals surface area contributed by atoms with Crippen molar-refractivity contribution in [2.24, 2.45) is 0 Å². The van der Waals surface area contributed by atoms with Crippen LogP contribution in [-0.2, 0) is 9.47 Å². The Morgan fingerprint density at radius 2 is 1.19 bits per heavy atom. The summed E-state index contributed by atoms with van der Waals surface area (Å²) in [5.41, 5.74) is 0. The zero-order valence-electron chi connectivity index (χ0n) is 10.3. The lowest BCUT2D eigenvalue weighted by atomic mass is 9.94. The highest BCUT2D eigenvalue weighted by atomic mass is 16.5. The van der Waals surface area contributed by atoms with Crippen LogP contribution in [0.3, 0.4) is 0 Å². The van der Waals surface area contributed by atoms with Crippen molar-refractivity contribution >= 4 is 0 Å². The minimum Gasteiger partial charge on any atom is -0.394 e. The monoisotopic (exact) mass is 232 g/mol. The van der Waals surface area contributed by atoms with Gasteiger partial charge in [-0.25, -0.2) is 0 Å². The van der Waals surface area contributed by atoms with Gasteiger partial charge in [0, 0.05) is 0 Å². The second-order valence-corrected chi connectivity index (χ2v) is 4.66. The largest absolute Gasteiger partial charge is 0.394 e. The van der Waals surface area contributed by atoms with E-state index in [0.29, 0.717) is 0 Å². The van der Waals surface area contributed by atoms with Gasteiger partial charge < -0.3 is 19.7 Å². The molecule has 2 atom stereocenters. The van der Waals surface area contributed by atoms with Gasteiger partial charge in [0.05, 0.1) is 37.6 Å². The Morgan fingerprint density at radius 3 is 1.44 bits per heavy atom. The van der Waals surface area contributed by atoms with Crippen LogP contribution < -0.4 is 0 Å². The van der Waals surface area contributed by atoms with Crippen LogP contribution in [0.5, 0.6) is 0 Å². The van der Waals surface area contributed by atoms with E-state index in [0.717, 1.165) is 25.7 Å². The fourth-order valence-electron chi connectivity index (χ4n) is 2.05. The number of rotatable bonds is 6. The van der Waals surface area contributed by atoms with Gasteiger partial charge in [-0.15, -0.1) is 0 Å². The first-order valence-corrected chi connectivity index (χ1v) is 6.18. The first-order valence-electron chi connectivity index (χ1n) is 6.18. The summed E-state index contributed by atoms with van der Waals surface area (Å²) in [5, 5.41) is 17.8. The SMILES string of the molecule is CC(CO)OC1CCC(OC(C)CO)CC1. The minimum absolute atomic E-state index is 0.0705. The Kier molecular flexibility index (Phi) is 6.28. The number of aliphatic hydroxyl groups excluding tert-OH is 2. The zero-order chi connectivity index (χ0) is 12.0. The van der Waals surface area contributed by atoms with E-state index in [1.165, 1.54) is 0 Å². The summed E-state index contributed by atoms with van der Waals surface area (Å²) in [7, 11) is 0. The Labute approximate surface area is 97.6 Å². The topological polar surface area (TPSA) is 58.9 Å². The Bertz CT molecular complexity index is 158. The molecule has 0 amide bonds. The van der Waals surface area contributed by atoms with Crippen molar-refractivity contribution in [3.63, 3.8) is 0 Å². The van der Waals surface area contributed by atoms with E-state index in [1.807, 2.05) is 13.8 Å². The average molecular weight is 232 g/mol. The normalized spacial score (nSPS) is 30.0. The summed E-state index contributed by atoms with van der Waals surface area (Å²) in [6.45, 7) is 3.93. The maximum Gasteiger partial charge on any atom is 0.0781 e. The van der Waals surface area contributed by atoms with Crippen molar-refractivity contribution in [3.8, 4) is 0 Å². The summed E-state index contributed by atoms with van der Waals surface area (Å²) >= 11 is 0. The van der Waals surface area contributed by atoms with Crippen LogP contribution in [0, 0.1) is 0 Å². The fraction of sp³-hybridized carbons (Fsp3) is 1.00. The van der Waals surface area contributed by atoms with Gasteiger partial charge in [-0.3, -0.25) is 0 Å². The molecule has 0 aromatic carbocycles. The van der Waals surface area contributed by atoms with E-state index in [1.54, 1.807) is 0 Å². The predicted molar refractivity (Wildman–Crippen MR) is 61.3 cm³/mol. The molecule has 0 heterocycles. The van der Waals surface area contributed by atoms with Gasteiger partial charge in [0.25, 0.3) is 0 Å². The second kappa shape index (κ2) is 7.22. The highest BCUT2D eigenvalue weighted by molar-refractivity contribution is 4.74. The predicted octanol–water partition coefficient (Wildman–Crippen LogP) is 1.09. The third kappa shape index (κ3) is 4.78. The van der Waals surface area contributed by atoms with Crippen molar-refractivity contribution in [3.05, 3.63) is 0 Å². The molecule has 0 aromatic rings. The summed E-state index contributed by atoms with van der Waals surface area (Å²) in [6.07, 6.45) is 4.29. The standard InChI is InChI=1S/C12H24O4/c1-9(7-13)15-11-3-5-12(6-4-11)16-10(2)8-14/h9-14H,3-8H2,1-2H3. The Hall–Kier alpha value is -0.160. The molecule has 16 heavy (non-hydrogen) atoms. The number of hydrogen-bond acceptors (Lipinski definition) is 4. The van der Waals surface area contributed by atoms with Gasteiger partial charge in [0.1, 0.15) is 0 Å². The quantitative estimate of drug-likeness (QED) is 0.720. The lowest BCUT2D eigenvalue weighted by molar-refractivity contribution is -0.0892. The molecule has 96 valence electrons. The maximum absolute atomic E-state index is 8.89. The lowest BCUT2D eigenvalue weighted by Crippen LogP contribution is -2.32. The molecule has 1 aliphatic rings. The molecule has 1 saturated carbocycles. The third-order valence-electron chi connectivity index (χ3n) is 2.98. The van der Waals surface area contributed by atoms with Gasteiger partial charge in [0.15, 0.2) is 0 Å². The second-order valence-electron chi connectivity index (χ2n) is 4.66. The van der Waals surface area contributed by atoms with Crippen LogP contribution in [0.15, 0.2) is 0 Å². The van der Waals surface area contributed by atoms with Gasteiger partial charge in [0.2, 0.25) is 0 Å². The van der Waals surface area contributed by atoms with Crippen molar-refractivity contribution in [1.82, 2.24) is 0 Å². The number of ether oxygens (including phenoxy) is 2. The average Bonchev–Trinajstić information content (AvgIpc) is 2.31. The molecule has 0 aromatic heterocycles. The van der Waals surface area contributed by atoms with E-state index >= 15 is 0 Å². The molecule has 1 rings (SSSR count). The molecule has 2 N–H and O–H groups in total. The molecule has 1 aliphatic carbocycles. The number of hydrogen-bond donors (Lipinski definition) is 2. The van der Waals surface area contributed by atoms with Crippen LogP contribution in [0.2, 0.25) is 0 Å². The molecule has 1 fully saturated rings. The highest BCUT2D eigenvalue weighted by Gasteiger charge is 2.24. The third-order valence-corrected chi connectivity index (χ3v) is 2.98. The number of aliphatic hydroxyl groups is 2.